The Labute approximate surface area is 92.4 Å². The van der Waals surface area contributed by atoms with Crippen LogP contribution < -0.4 is 5.14 Å². The number of halogens is 1. The number of aliphatic hydroxyl groups is 1. The molecule has 0 saturated heterocycles. The van der Waals surface area contributed by atoms with Crippen LogP contribution in [-0.4, -0.2) is 28.7 Å². The van der Waals surface area contributed by atoms with Crippen molar-refractivity contribution in [2.45, 2.75) is 24.7 Å². The maximum absolute atomic E-state index is 12.6. The highest BCUT2D eigenvalue weighted by atomic mass is 32.2. The van der Waals surface area contributed by atoms with Gasteiger partial charge in [0.25, 0.3) is 0 Å². The number of sulfonamides is 1. The van der Waals surface area contributed by atoms with E-state index in [1.165, 1.54) is 13.8 Å². The summed E-state index contributed by atoms with van der Waals surface area (Å²) >= 11 is 0. The molecule has 90 valence electrons. The molecule has 0 bridgehead atoms. The van der Waals surface area contributed by atoms with Gasteiger partial charge in [-0.05, 0) is 13.8 Å². The van der Waals surface area contributed by atoms with Crippen molar-refractivity contribution in [1.29, 1.82) is 0 Å². The predicted molar refractivity (Wildman–Crippen MR) is 54.1 cm³/mol. The summed E-state index contributed by atoms with van der Waals surface area (Å²) in [4.78, 5) is 7.06. The Morgan fingerprint density at radius 1 is 1.50 bits per heavy atom. The fourth-order valence-corrected chi connectivity index (χ4v) is 1.82. The van der Waals surface area contributed by atoms with Gasteiger partial charge in [0.15, 0.2) is 11.6 Å². The number of hydrogen-bond acceptors (Lipinski definition) is 5. The predicted octanol–water partition coefficient (Wildman–Crippen LogP) is -0.500. The van der Waals surface area contributed by atoms with Crippen LogP contribution in [0.2, 0.25) is 0 Å². The molecular formula is C8H12FN3O3S. The molecule has 8 heteroatoms. The second-order valence-electron chi connectivity index (χ2n) is 3.60. The van der Waals surface area contributed by atoms with Gasteiger partial charge >= 0.3 is 0 Å². The normalized spacial score (nSPS) is 17.8. The second-order valence-corrected chi connectivity index (χ2v) is 5.49. The van der Waals surface area contributed by atoms with Gasteiger partial charge in [0.1, 0.15) is 10.9 Å². The van der Waals surface area contributed by atoms with Crippen LogP contribution in [0.15, 0.2) is 12.4 Å². The number of hydrogen-bond donors (Lipinski definition) is 2. The van der Waals surface area contributed by atoms with E-state index < -0.39 is 26.7 Å². The summed E-state index contributed by atoms with van der Waals surface area (Å²) in [5, 5.41) is 13.6. The maximum atomic E-state index is 12.6. The Morgan fingerprint density at radius 2 is 1.94 bits per heavy atom. The van der Waals surface area contributed by atoms with Crippen molar-refractivity contribution in [3.05, 3.63) is 24.0 Å². The van der Waals surface area contributed by atoms with E-state index in [0.717, 1.165) is 12.4 Å². The average molecular weight is 249 g/mol. The fraction of sp³-hybridized carbons (Fsp3) is 0.500. The number of nitrogens with two attached hydrogens (primary N) is 1. The van der Waals surface area contributed by atoms with Crippen molar-refractivity contribution in [1.82, 2.24) is 9.97 Å². The number of nitrogens with zero attached hydrogens (tertiary/aromatic N) is 2. The van der Waals surface area contributed by atoms with E-state index >= 15 is 0 Å². The van der Waals surface area contributed by atoms with Gasteiger partial charge in [-0.1, -0.05) is 0 Å². The van der Waals surface area contributed by atoms with Crippen molar-refractivity contribution in [2.75, 3.05) is 0 Å². The van der Waals surface area contributed by atoms with Crippen molar-refractivity contribution in [2.24, 2.45) is 5.14 Å². The van der Waals surface area contributed by atoms with E-state index in [4.69, 9.17) is 5.14 Å². The Hall–Kier alpha value is -1.12. The van der Waals surface area contributed by atoms with Gasteiger partial charge in [0.05, 0.1) is 12.4 Å². The van der Waals surface area contributed by atoms with Crippen LogP contribution in [-0.2, 0) is 15.6 Å². The Balaban J connectivity index is 3.16. The highest BCUT2D eigenvalue weighted by Gasteiger charge is 2.40. The van der Waals surface area contributed by atoms with Gasteiger partial charge in [-0.25, -0.2) is 27.9 Å². The van der Waals surface area contributed by atoms with E-state index in [1.54, 1.807) is 0 Å². The quantitative estimate of drug-likeness (QED) is 0.751. The average Bonchev–Trinajstić information content (AvgIpc) is 2.16. The first kappa shape index (κ1) is 12.9. The summed E-state index contributed by atoms with van der Waals surface area (Å²) in [7, 11) is -3.94. The van der Waals surface area contributed by atoms with E-state index in [-0.39, 0.29) is 5.82 Å². The Morgan fingerprint density at radius 3 is 2.31 bits per heavy atom. The third-order valence-electron chi connectivity index (χ3n) is 2.36. The zero-order valence-corrected chi connectivity index (χ0v) is 9.57. The van der Waals surface area contributed by atoms with Crippen molar-refractivity contribution in [3.63, 3.8) is 0 Å². The summed E-state index contributed by atoms with van der Waals surface area (Å²) in [5.74, 6) is -0.877. The molecule has 2 atom stereocenters. The minimum absolute atomic E-state index is 0.199. The molecule has 1 heterocycles. The van der Waals surface area contributed by atoms with Crippen LogP contribution in [0.25, 0.3) is 0 Å². The fourth-order valence-electron chi connectivity index (χ4n) is 1.08. The largest absolute Gasteiger partial charge is 0.381 e. The summed E-state index contributed by atoms with van der Waals surface area (Å²) in [6.07, 6.45) is 1.68. The van der Waals surface area contributed by atoms with Gasteiger partial charge in [-0.3, -0.25) is 0 Å². The van der Waals surface area contributed by atoms with Gasteiger partial charge in [0, 0.05) is 0 Å². The molecule has 6 nitrogen and oxygen atoms in total. The van der Waals surface area contributed by atoms with Crippen LogP contribution in [0.4, 0.5) is 4.39 Å². The standard InChI is InChI=1S/C8H12FN3O3S/c1-5(16(10,14)15)8(2,13)7-11-3-6(9)4-12-7/h3-5,13H,1-2H3,(H2,10,14,15)/t5-,8+/m0/s1. The summed E-state index contributed by atoms with van der Waals surface area (Å²) in [6, 6.07) is 0. The SMILES string of the molecule is C[C@@H]([C@@](C)(O)c1ncc(F)cn1)S(N)(=O)=O. The zero-order chi connectivity index (χ0) is 12.6. The third-order valence-corrected chi connectivity index (χ3v) is 3.80. The van der Waals surface area contributed by atoms with Crippen LogP contribution in [0, 0.1) is 5.82 Å². The second kappa shape index (κ2) is 4.04. The summed E-state index contributed by atoms with van der Waals surface area (Å²) in [6.45, 7) is 2.43. The van der Waals surface area contributed by atoms with Gasteiger partial charge < -0.3 is 5.11 Å². The molecule has 0 aliphatic heterocycles. The molecule has 3 N–H and O–H groups in total. The molecule has 0 spiro atoms. The highest BCUT2D eigenvalue weighted by molar-refractivity contribution is 7.89. The van der Waals surface area contributed by atoms with Crippen molar-refractivity contribution in [3.8, 4) is 0 Å². The first-order valence-corrected chi connectivity index (χ1v) is 5.98. The first-order valence-electron chi connectivity index (χ1n) is 4.37. The van der Waals surface area contributed by atoms with Crippen molar-refractivity contribution >= 4 is 10.0 Å². The molecule has 0 saturated carbocycles. The smallest absolute Gasteiger partial charge is 0.215 e. The first-order chi connectivity index (χ1) is 7.15. The van der Waals surface area contributed by atoms with Crippen LogP contribution in [0.5, 0.6) is 0 Å². The molecule has 0 unspecified atom stereocenters. The lowest BCUT2D eigenvalue weighted by atomic mass is 10.0. The number of rotatable bonds is 3. The topological polar surface area (TPSA) is 106 Å². The zero-order valence-electron chi connectivity index (χ0n) is 8.75. The van der Waals surface area contributed by atoms with E-state index in [9.17, 15) is 17.9 Å². The lowest BCUT2D eigenvalue weighted by Gasteiger charge is -2.26. The molecule has 0 amide bonds. The molecule has 16 heavy (non-hydrogen) atoms. The number of aromatic nitrogens is 2. The maximum Gasteiger partial charge on any atom is 0.215 e. The van der Waals surface area contributed by atoms with Gasteiger partial charge in [0.2, 0.25) is 10.0 Å². The van der Waals surface area contributed by atoms with Crippen LogP contribution in [0.3, 0.4) is 0 Å². The van der Waals surface area contributed by atoms with Crippen LogP contribution in [0.1, 0.15) is 19.7 Å². The molecule has 1 aromatic heterocycles. The lowest BCUT2D eigenvalue weighted by molar-refractivity contribution is 0.0468. The van der Waals surface area contributed by atoms with Gasteiger partial charge in [-0.2, -0.15) is 0 Å². The van der Waals surface area contributed by atoms with E-state index in [0.29, 0.717) is 0 Å². The summed E-state index contributed by atoms with van der Waals surface area (Å²) in [5.41, 5.74) is -1.87. The summed E-state index contributed by atoms with van der Waals surface area (Å²) < 4.78 is 34.8. The lowest BCUT2D eigenvalue weighted by Crippen LogP contribution is -2.44. The molecule has 0 aliphatic carbocycles. The van der Waals surface area contributed by atoms with E-state index in [2.05, 4.69) is 9.97 Å². The minimum atomic E-state index is -3.94. The van der Waals surface area contributed by atoms with Crippen molar-refractivity contribution < 1.29 is 17.9 Å². The third kappa shape index (κ3) is 2.52. The monoisotopic (exact) mass is 249 g/mol. The molecule has 0 aromatic carbocycles. The molecule has 0 fully saturated rings. The molecule has 1 rings (SSSR count). The molecule has 1 aromatic rings. The Bertz CT molecular complexity index is 472. The van der Waals surface area contributed by atoms with Crippen LogP contribution >= 0.6 is 0 Å². The molecular weight excluding hydrogens is 237 g/mol. The molecule has 0 radical (unpaired) electrons. The van der Waals surface area contributed by atoms with Gasteiger partial charge in [-0.15, -0.1) is 0 Å². The molecule has 0 aliphatic rings. The van der Waals surface area contributed by atoms with E-state index in [1.807, 2.05) is 0 Å². The minimum Gasteiger partial charge on any atom is -0.381 e. The Kier molecular flexibility index (Phi) is 3.27. The highest BCUT2D eigenvalue weighted by Crippen LogP contribution is 2.24. The number of primary sulfonamides is 1.